The maximum absolute atomic E-state index is 13.6. The Morgan fingerprint density at radius 1 is 1.15 bits per heavy atom. The third-order valence-corrected chi connectivity index (χ3v) is 7.85. The van der Waals surface area contributed by atoms with Crippen LogP contribution in [-0.4, -0.2) is 56.0 Å². The summed E-state index contributed by atoms with van der Waals surface area (Å²) in [6.07, 6.45) is 1.79. The van der Waals surface area contributed by atoms with Crippen LogP contribution in [0.15, 0.2) is 42.1 Å². The molecule has 1 aromatic carbocycles. The molecule has 0 spiro atoms. The number of anilines is 1. The number of methoxy groups -OCH3 is 1. The number of ether oxygens (including phenoxy) is 2. The largest absolute Gasteiger partial charge is 0.505 e. The van der Waals surface area contributed by atoms with Gasteiger partial charge in [-0.2, -0.15) is 0 Å². The number of pyridine rings is 1. The van der Waals surface area contributed by atoms with Crippen LogP contribution >= 0.6 is 11.3 Å². The number of ketones is 1. The molecule has 1 saturated heterocycles. The van der Waals surface area contributed by atoms with Crippen molar-refractivity contribution in [3.05, 3.63) is 75.2 Å². The van der Waals surface area contributed by atoms with Crippen LogP contribution in [0.4, 0.5) is 5.13 Å². The van der Waals surface area contributed by atoms with Crippen LogP contribution in [0.1, 0.15) is 50.8 Å². The zero-order chi connectivity index (χ0) is 28.9. The summed E-state index contributed by atoms with van der Waals surface area (Å²) in [6.45, 7) is 7.22. The third-order valence-electron chi connectivity index (χ3n) is 6.71. The van der Waals surface area contributed by atoms with Gasteiger partial charge in [0.25, 0.3) is 5.78 Å². The summed E-state index contributed by atoms with van der Waals surface area (Å²) in [7, 11) is 1.23. The van der Waals surface area contributed by atoms with Crippen LogP contribution in [0.25, 0.3) is 11.4 Å². The van der Waals surface area contributed by atoms with E-state index in [1.807, 2.05) is 19.1 Å². The van der Waals surface area contributed by atoms with E-state index in [-0.39, 0.29) is 39.4 Å². The van der Waals surface area contributed by atoms with Crippen molar-refractivity contribution in [3.8, 4) is 11.5 Å². The lowest BCUT2D eigenvalue weighted by Crippen LogP contribution is -2.29. The van der Waals surface area contributed by atoms with Crippen molar-refractivity contribution in [1.29, 1.82) is 0 Å². The first kappa shape index (κ1) is 26.9. The fraction of sp³-hybridized carbons (Fsp3) is 0.250. The lowest BCUT2D eigenvalue weighted by Gasteiger charge is -2.23. The van der Waals surface area contributed by atoms with Gasteiger partial charge in [-0.3, -0.25) is 14.5 Å². The minimum Gasteiger partial charge on any atom is -0.505 e. The second-order valence-electron chi connectivity index (χ2n) is 9.16. The van der Waals surface area contributed by atoms with Gasteiger partial charge in [-0.1, -0.05) is 23.5 Å². The van der Waals surface area contributed by atoms with E-state index in [0.29, 0.717) is 22.6 Å². The number of nitrogens with zero attached hydrogens (tertiary/aromatic N) is 4. The van der Waals surface area contributed by atoms with E-state index in [4.69, 9.17) is 9.47 Å². The molecule has 1 amide bonds. The van der Waals surface area contributed by atoms with Crippen LogP contribution < -0.4 is 9.64 Å². The van der Waals surface area contributed by atoms with Gasteiger partial charge in [0.15, 0.2) is 22.4 Å². The number of benzene rings is 1. The standard InChI is InChI=1S/C28H26N4O7S/c1-6-39-18-12-16(9-10-17(18)33)21-19(22(34)20-15(4)31-11-7-8-13(2)25(31)30-20)23(35)26(36)32(21)28-29-14(3)24(40-28)27(37)38-5/h7-12,21,33-34H,6H2,1-5H3/b22-19+. The van der Waals surface area contributed by atoms with Gasteiger partial charge >= 0.3 is 11.9 Å². The van der Waals surface area contributed by atoms with E-state index in [1.54, 1.807) is 31.4 Å². The number of amides is 1. The van der Waals surface area contributed by atoms with Crippen molar-refractivity contribution in [3.63, 3.8) is 0 Å². The zero-order valence-corrected chi connectivity index (χ0v) is 23.2. The molecule has 0 saturated carbocycles. The summed E-state index contributed by atoms with van der Waals surface area (Å²) >= 11 is 0.892. The number of carbonyl (C=O) groups is 3. The van der Waals surface area contributed by atoms with E-state index in [9.17, 15) is 24.6 Å². The Hall–Kier alpha value is -4.71. The lowest BCUT2D eigenvalue weighted by molar-refractivity contribution is -0.132. The Kier molecular flexibility index (Phi) is 6.80. The predicted molar refractivity (Wildman–Crippen MR) is 147 cm³/mol. The number of phenols is 1. The quantitative estimate of drug-likeness (QED) is 0.153. The molecule has 1 aliphatic heterocycles. The number of thiazole rings is 1. The molecule has 5 rings (SSSR count). The molecule has 1 unspecified atom stereocenters. The van der Waals surface area contributed by atoms with Gasteiger partial charge in [0.1, 0.15) is 16.2 Å². The van der Waals surface area contributed by atoms with Crippen molar-refractivity contribution in [2.75, 3.05) is 18.6 Å². The number of carbonyl (C=O) groups excluding carboxylic acids is 3. The molecule has 1 aliphatic rings. The highest BCUT2D eigenvalue weighted by Crippen LogP contribution is 2.45. The lowest BCUT2D eigenvalue weighted by atomic mass is 9.96. The molecule has 1 fully saturated rings. The second kappa shape index (κ2) is 10.1. The van der Waals surface area contributed by atoms with E-state index in [1.165, 1.54) is 25.3 Å². The molecule has 12 heteroatoms. The normalized spacial score (nSPS) is 16.6. The van der Waals surface area contributed by atoms with Crippen molar-refractivity contribution in [2.45, 2.75) is 33.7 Å². The number of Topliss-reactive ketones (excluding diaryl/α,β-unsaturated/α-hetero) is 1. The molecular weight excluding hydrogens is 536 g/mol. The molecule has 206 valence electrons. The summed E-state index contributed by atoms with van der Waals surface area (Å²) < 4.78 is 12.2. The van der Waals surface area contributed by atoms with Gasteiger partial charge in [-0.15, -0.1) is 0 Å². The van der Waals surface area contributed by atoms with Crippen LogP contribution in [-0.2, 0) is 14.3 Å². The number of aryl methyl sites for hydroxylation is 3. The van der Waals surface area contributed by atoms with Gasteiger partial charge < -0.3 is 24.1 Å². The fourth-order valence-electron chi connectivity index (χ4n) is 4.76. The van der Waals surface area contributed by atoms with E-state index >= 15 is 0 Å². The highest BCUT2D eigenvalue weighted by molar-refractivity contribution is 7.17. The highest BCUT2D eigenvalue weighted by Gasteiger charge is 2.49. The van der Waals surface area contributed by atoms with Gasteiger partial charge in [-0.25, -0.2) is 14.8 Å². The number of aliphatic hydroxyl groups is 1. The highest BCUT2D eigenvalue weighted by atomic mass is 32.1. The number of hydrogen-bond acceptors (Lipinski definition) is 10. The molecule has 1 atom stereocenters. The van der Waals surface area contributed by atoms with E-state index < -0.39 is 29.5 Å². The average Bonchev–Trinajstić information content (AvgIpc) is 3.57. The Labute approximate surface area is 232 Å². The Bertz CT molecular complexity index is 1740. The van der Waals surface area contributed by atoms with Crippen molar-refractivity contribution < 1.29 is 34.1 Å². The minimum absolute atomic E-state index is 0.0673. The number of rotatable bonds is 6. The average molecular weight is 563 g/mol. The van der Waals surface area contributed by atoms with Crippen molar-refractivity contribution in [1.82, 2.24) is 14.4 Å². The number of hydrogen-bond donors (Lipinski definition) is 2. The Morgan fingerprint density at radius 2 is 1.90 bits per heavy atom. The summed E-state index contributed by atoms with van der Waals surface area (Å²) in [6, 6.07) is 6.96. The van der Waals surface area contributed by atoms with Crippen LogP contribution in [0.3, 0.4) is 0 Å². The first-order valence-corrected chi connectivity index (χ1v) is 13.2. The predicted octanol–water partition coefficient (Wildman–Crippen LogP) is 4.23. The molecule has 3 aromatic heterocycles. The molecule has 0 radical (unpaired) electrons. The van der Waals surface area contributed by atoms with Crippen molar-refractivity contribution >= 4 is 45.5 Å². The summed E-state index contributed by atoms with van der Waals surface area (Å²) in [5.74, 6) is -2.98. The number of fused-ring (bicyclic) bond motifs is 1. The van der Waals surface area contributed by atoms with Gasteiger partial charge in [0.2, 0.25) is 0 Å². The molecule has 2 N–H and O–H groups in total. The molecule has 4 aromatic rings. The fourth-order valence-corrected chi connectivity index (χ4v) is 5.77. The van der Waals surface area contributed by atoms with E-state index in [0.717, 1.165) is 21.8 Å². The molecule has 0 bridgehead atoms. The zero-order valence-electron chi connectivity index (χ0n) is 22.4. The first-order valence-electron chi connectivity index (χ1n) is 12.4. The summed E-state index contributed by atoms with van der Waals surface area (Å²) in [4.78, 5) is 49.7. The molecule has 40 heavy (non-hydrogen) atoms. The number of imidazole rings is 1. The van der Waals surface area contributed by atoms with Gasteiger partial charge in [0, 0.05) is 6.20 Å². The number of phenolic OH excluding ortho intramolecular Hbond substituents is 1. The van der Waals surface area contributed by atoms with Gasteiger partial charge in [0.05, 0.1) is 36.7 Å². The molecular formula is C28H26N4O7S. The summed E-state index contributed by atoms with van der Waals surface area (Å²) in [5, 5.41) is 22.0. The van der Waals surface area contributed by atoms with Gasteiger partial charge in [-0.05, 0) is 57.0 Å². The number of aliphatic hydroxyl groups excluding tert-OH is 1. The molecule has 0 aliphatic carbocycles. The number of aromatic hydroxyl groups is 1. The Balaban J connectivity index is 1.77. The Morgan fingerprint density at radius 3 is 2.58 bits per heavy atom. The molecule has 4 heterocycles. The monoisotopic (exact) mass is 562 g/mol. The van der Waals surface area contributed by atoms with Crippen LogP contribution in [0.5, 0.6) is 11.5 Å². The topological polar surface area (TPSA) is 144 Å². The smallest absolute Gasteiger partial charge is 0.350 e. The number of esters is 1. The second-order valence-corrected chi connectivity index (χ2v) is 10.1. The number of aromatic nitrogens is 3. The van der Waals surface area contributed by atoms with Crippen LogP contribution in [0.2, 0.25) is 0 Å². The van der Waals surface area contributed by atoms with Crippen LogP contribution in [0, 0.1) is 20.8 Å². The van der Waals surface area contributed by atoms with Crippen molar-refractivity contribution in [2.24, 2.45) is 0 Å². The third kappa shape index (κ3) is 4.16. The van der Waals surface area contributed by atoms with E-state index in [2.05, 4.69) is 9.97 Å². The maximum Gasteiger partial charge on any atom is 0.350 e. The minimum atomic E-state index is -1.17. The maximum atomic E-state index is 13.6. The molecule has 11 nitrogen and oxygen atoms in total. The SMILES string of the molecule is CCOc1cc(C2/C(=C(\O)c3nc4c(C)cccn4c3C)C(=O)C(=O)N2c2nc(C)c(C(=O)OC)s2)ccc1O. The summed E-state index contributed by atoms with van der Waals surface area (Å²) in [5.41, 5.74) is 2.64. The first-order chi connectivity index (χ1) is 19.1.